The summed E-state index contributed by atoms with van der Waals surface area (Å²) < 4.78 is 0. The third-order valence-electron chi connectivity index (χ3n) is 4.16. The number of rotatable bonds is 4. The highest BCUT2D eigenvalue weighted by atomic mass is 15.1. The predicted molar refractivity (Wildman–Crippen MR) is 66.9 cm³/mol. The van der Waals surface area contributed by atoms with Gasteiger partial charge < -0.3 is 10.6 Å². The van der Waals surface area contributed by atoms with Crippen molar-refractivity contribution in [1.29, 1.82) is 0 Å². The van der Waals surface area contributed by atoms with Crippen LogP contribution in [0.4, 0.5) is 0 Å². The topological polar surface area (TPSA) is 29.3 Å². The summed E-state index contributed by atoms with van der Waals surface area (Å²) >= 11 is 0. The Labute approximate surface area is 95.2 Å². The molecule has 0 aliphatic carbocycles. The van der Waals surface area contributed by atoms with Crippen molar-refractivity contribution in [3.05, 3.63) is 0 Å². The van der Waals surface area contributed by atoms with Gasteiger partial charge in [-0.3, -0.25) is 0 Å². The summed E-state index contributed by atoms with van der Waals surface area (Å²) in [6.45, 7) is 13.8. The summed E-state index contributed by atoms with van der Waals surface area (Å²) in [5.74, 6) is 0. The van der Waals surface area contributed by atoms with Crippen molar-refractivity contribution < 1.29 is 0 Å². The van der Waals surface area contributed by atoms with Gasteiger partial charge in [0.15, 0.2) is 0 Å². The molecule has 1 fully saturated rings. The lowest BCUT2D eigenvalue weighted by molar-refractivity contribution is 0.0896. The number of hydrogen-bond acceptors (Lipinski definition) is 2. The second kappa shape index (κ2) is 4.84. The molecule has 0 spiro atoms. The van der Waals surface area contributed by atoms with Crippen molar-refractivity contribution in [2.45, 2.75) is 47.0 Å². The molecule has 0 saturated carbocycles. The van der Waals surface area contributed by atoms with Crippen LogP contribution in [0.3, 0.4) is 0 Å². The van der Waals surface area contributed by atoms with Gasteiger partial charge in [0.2, 0.25) is 0 Å². The number of nitrogens with two attached hydrogens (primary N) is 1. The van der Waals surface area contributed by atoms with Crippen LogP contribution in [0.15, 0.2) is 0 Å². The van der Waals surface area contributed by atoms with Crippen LogP contribution in [0.25, 0.3) is 0 Å². The molecule has 15 heavy (non-hydrogen) atoms. The first kappa shape index (κ1) is 13.0. The minimum atomic E-state index is 0.321. The zero-order chi connectivity index (χ0) is 11.5. The number of likely N-dealkylation sites (tertiary alicyclic amines) is 1. The Bertz CT molecular complexity index is 185. The molecule has 2 nitrogen and oxygen atoms in total. The van der Waals surface area contributed by atoms with E-state index in [1.165, 1.54) is 38.9 Å². The lowest BCUT2D eigenvalue weighted by Gasteiger charge is -2.41. The van der Waals surface area contributed by atoms with E-state index in [2.05, 4.69) is 32.6 Å². The largest absolute Gasteiger partial charge is 0.330 e. The molecule has 1 rings (SSSR count). The van der Waals surface area contributed by atoms with E-state index in [4.69, 9.17) is 5.73 Å². The molecule has 90 valence electrons. The maximum Gasteiger partial charge on any atom is 0.00473 e. The predicted octanol–water partition coefficient (Wildman–Crippen LogP) is 2.48. The highest BCUT2D eigenvalue weighted by molar-refractivity contribution is 4.83. The molecule has 0 aromatic carbocycles. The quantitative estimate of drug-likeness (QED) is 0.776. The van der Waals surface area contributed by atoms with Crippen LogP contribution in [0.2, 0.25) is 0 Å². The van der Waals surface area contributed by atoms with Gasteiger partial charge in [-0.05, 0) is 49.7 Å². The Morgan fingerprint density at radius 2 is 1.80 bits per heavy atom. The fraction of sp³-hybridized carbons (Fsp3) is 1.00. The summed E-state index contributed by atoms with van der Waals surface area (Å²) in [5.41, 5.74) is 6.74. The monoisotopic (exact) mass is 212 g/mol. The van der Waals surface area contributed by atoms with Gasteiger partial charge in [-0.15, -0.1) is 0 Å². The number of piperidine rings is 1. The molecule has 0 aromatic rings. The van der Waals surface area contributed by atoms with Gasteiger partial charge in [-0.25, -0.2) is 0 Å². The summed E-state index contributed by atoms with van der Waals surface area (Å²) in [6, 6.07) is 0. The van der Waals surface area contributed by atoms with Gasteiger partial charge in [0.25, 0.3) is 0 Å². The van der Waals surface area contributed by atoms with Crippen LogP contribution in [0, 0.1) is 10.8 Å². The van der Waals surface area contributed by atoms with Crippen LogP contribution in [-0.4, -0.2) is 31.1 Å². The van der Waals surface area contributed by atoms with Crippen molar-refractivity contribution in [3.8, 4) is 0 Å². The van der Waals surface area contributed by atoms with Gasteiger partial charge >= 0.3 is 0 Å². The van der Waals surface area contributed by atoms with Gasteiger partial charge in [-0.1, -0.05) is 27.7 Å². The van der Waals surface area contributed by atoms with Gasteiger partial charge in [0, 0.05) is 6.54 Å². The molecular weight excluding hydrogens is 184 g/mol. The van der Waals surface area contributed by atoms with Gasteiger partial charge in [0.1, 0.15) is 0 Å². The third kappa shape index (κ3) is 3.76. The summed E-state index contributed by atoms with van der Waals surface area (Å²) in [6.07, 6.45) is 3.85. The highest BCUT2D eigenvalue weighted by Gasteiger charge is 2.29. The molecule has 1 heterocycles. The van der Waals surface area contributed by atoms with E-state index in [0.717, 1.165) is 6.54 Å². The van der Waals surface area contributed by atoms with Crippen molar-refractivity contribution in [2.75, 3.05) is 26.2 Å². The van der Waals surface area contributed by atoms with E-state index < -0.39 is 0 Å². The Morgan fingerprint density at radius 3 is 2.20 bits per heavy atom. The van der Waals surface area contributed by atoms with Crippen molar-refractivity contribution in [1.82, 2.24) is 4.90 Å². The summed E-state index contributed by atoms with van der Waals surface area (Å²) in [5, 5.41) is 0. The Kier molecular flexibility index (Phi) is 4.19. The molecule has 0 bridgehead atoms. The summed E-state index contributed by atoms with van der Waals surface area (Å²) in [7, 11) is 0. The lowest BCUT2D eigenvalue weighted by Crippen LogP contribution is -2.45. The molecular formula is C13H28N2. The van der Waals surface area contributed by atoms with Crippen LogP contribution in [0.1, 0.15) is 47.0 Å². The first-order chi connectivity index (χ1) is 6.91. The maximum atomic E-state index is 5.86. The minimum absolute atomic E-state index is 0.321. The van der Waals surface area contributed by atoms with Crippen LogP contribution < -0.4 is 5.73 Å². The Balaban J connectivity index is 2.41. The first-order valence-corrected chi connectivity index (χ1v) is 6.33. The van der Waals surface area contributed by atoms with Crippen LogP contribution >= 0.6 is 0 Å². The van der Waals surface area contributed by atoms with Crippen LogP contribution in [-0.2, 0) is 0 Å². The zero-order valence-electron chi connectivity index (χ0n) is 11.0. The SMILES string of the molecule is CCC(C)(CN)CN1CCC(C)(C)CC1. The van der Waals surface area contributed by atoms with Crippen molar-refractivity contribution >= 4 is 0 Å². The zero-order valence-corrected chi connectivity index (χ0v) is 11.0. The van der Waals surface area contributed by atoms with E-state index >= 15 is 0 Å². The van der Waals surface area contributed by atoms with Gasteiger partial charge in [-0.2, -0.15) is 0 Å². The molecule has 0 radical (unpaired) electrons. The maximum absolute atomic E-state index is 5.86. The molecule has 1 saturated heterocycles. The highest BCUT2D eigenvalue weighted by Crippen LogP contribution is 2.31. The molecule has 1 aliphatic heterocycles. The third-order valence-corrected chi connectivity index (χ3v) is 4.16. The molecule has 2 N–H and O–H groups in total. The second-order valence-electron chi connectivity index (χ2n) is 6.31. The number of nitrogens with zero attached hydrogens (tertiary/aromatic N) is 1. The molecule has 1 aliphatic rings. The normalized spacial score (nSPS) is 26.2. The van der Waals surface area contributed by atoms with Crippen LogP contribution in [0.5, 0.6) is 0 Å². The van der Waals surface area contributed by atoms with E-state index in [1.54, 1.807) is 0 Å². The smallest absolute Gasteiger partial charge is 0.00473 e. The van der Waals surface area contributed by atoms with Crippen molar-refractivity contribution in [3.63, 3.8) is 0 Å². The average molecular weight is 212 g/mol. The second-order valence-corrected chi connectivity index (χ2v) is 6.31. The average Bonchev–Trinajstić information content (AvgIpc) is 2.21. The van der Waals surface area contributed by atoms with E-state index in [1.807, 2.05) is 0 Å². The summed E-state index contributed by atoms with van der Waals surface area (Å²) in [4.78, 5) is 2.60. The Hall–Kier alpha value is -0.0800. The van der Waals surface area contributed by atoms with Crippen molar-refractivity contribution in [2.24, 2.45) is 16.6 Å². The van der Waals surface area contributed by atoms with E-state index in [9.17, 15) is 0 Å². The standard InChI is InChI=1S/C13H28N2/c1-5-13(4,10-14)11-15-8-6-12(2,3)7-9-15/h5-11,14H2,1-4H3. The Morgan fingerprint density at radius 1 is 1.27 bits per heavy atom. The molecule has 2 heteroatoms. The molecule has 1 unspecified atom stereocenters. The molecule has 0 aromatic heterocycles. The van der Waals surface area contributed by atoms with Gasteiger partial charge in [0.05, 0.1) is 0 Å². The fourth-order valence-electron chi connectivity index (χ4n) is 2.18. The minimum Gasteiger partial charge on any atom is -0.330 e. The lowest BCUT2D eigenvalue weighted by atomic mass is 9.81. The van der Waals surface area contributed by atoms with E-state index in [0.29, 0.717) is 10.8 Å². The fourth-order valence-corrected chi connectivity index (χ4v) is 2.18. The number of hydrogen-bond donors (Lipinski definition) is 1. The molecule has 0 amide bonds. The first-order valence-electron chi connectivity index (χ1n) is 6.33. The molecule has 1 atom stereocenters. The van der Waals surface area contributed by atoms with E-state index in [-0.39, 0.29) is 0 Å².